The van der Waals surface area contributed by atoms with Crippen molar-refractivity contribution in [3.05, 3.63) is 253 Å². The number of hydrogen-bond acceptors (Lipinski definition) is 1. The van der Waals surface area contributed by atoms with E-state index in [1.807, 2.05) is 72.8 Å². The van der Waals surface area contributed by atoms with E-state index in [9.17, 15) is 2.74 Å². The van der Waals surface area contributed by atoms with E-state index in [4.69, 9.17) is 4.11 Å². The molecule has 1 heterocycles. The average molecular weight is 732 g/mol. The Morgan fingerprint density at radius 3 is 1.79 bits per heavy atom. The van der Waals surface area contributed by atoms with Gasteiger partial charge in [-0.05, 0) is 105 Å². The van der Waals surface area contributed by atoms with Crippen LogP contribution in [0.25, 0.3) is 49.7 Å². The number of nitrogens with zero attached hydrogens (tertiary/aromatic N) is 2. The lowest BCUT2D eigenvalue weighted by Crippen LogP contribution is -2.28. The Bertz CT molecular complexity index is 3320. The van der Waals surface area contributed by atoms with Crippen LogP contribution in [-0.2, 0) is 5.41 Å². The van der Waals surface area contributed by atoms with E-state index < -0.39 is 11.5 Å². The molecule has 1 atom stereocenters. The van der Waals surface area contributed by atoms with Gasteiger partial charge in [-0.3, -0.25) is 0 Å². The highest BCUT2D eigenvalue weighted by Gasteiger charge is 2.46. The Balaban J connectivity index is 1.20. The van der Waals surface area contributed by atoms with Crippen LogP contribution in [0.2, 0.25) is 0 Å². The summed E-state index contributed by atoms with van der Waals surface area (Å²) in [5.74, 6) is 0. The summed E-state index contributed by atoms with van der Waals surface area (Å²) in [5, 5.41) is 2.16. The van der Waals surface area contributed by atoms with Gasteiger partial charge in [-0.2, -0.15) is 0 Å². The first-order valence-electron chi connectivity index (χ1n) is 21.8. The molecule has 1 aromatic heterocycles. The van der Waals surface area contributed by atoms with Gasteiger partial charge in [0.15, 0.2) is 0 Å². The summed E-state index contributed by atoms with van der Waals surface area (Å²) >= 11 is 0. The van der Waals surface area contributed by atoms with Crippen molar-refractivity contribution in [3.8, 4) is 27.9 Å². The van der Waals surface area contributed by atoms with E-state index in [1.54, 1.807) is 0 Å². The number of hydrogen-bond donors (Lipinski definition) is 0. The molecule has 0 spiro atoms. The molecule has 0 amide bonds. The van der Waals surface area contributed by atoms with Crippen LogP contribution in [0.4, 0.5) is 17.1 Å². The smallest absolute Gasteiger partial charge is 0.0714 e. The van der Waals surface area contributed by atoms with Crippen LogP contribution in [0.5, 0.6) is 0 Å². The second-order valence-corrected chi connectivity index (χ2v) is 14.5. The predicted octanol–water partition coefficient (Wildman–Crippen LogP) is 14.3. The molecule has 2 nitrogen and oxygen atoms in total. The number of rotatable bonds is 7. The van der Waals surface area contributed by atoms with Crippen molar-refractivity contribution >= 4 is 38.9 Å². The molecule has 0 radical (unpaired) electrons. The van der Waals surface area contributed by atoms with E-state index in [0.717, 1.165) is 83.5 Å². The molecule has 1 aliphatic rings. The van der Waals surface area contributed by atoms with Crippen molar-refractivity contribution in [2.45, 2.75) is 5.41 Å². The van der Waals surface area contributed by atoms with Crippen molar-refractivity contribution in [1.82, 2.24) is 4.57 Å². The zero-order valence-corrected chi connectivity index (χ0v) is 30.9. The van der Waals surface area contributed by atoms with Crippen molar-refractivity contribution in [2.24, 2.45) is 0 Å². The van der Waals surface area contributed by atoms with Crippen LogP contribution < -0.4 is 4.90 Å². The normalized spacial score (nSPS) is 15.6. The molecule has 0 fully saturated rings. The molecule has 10 aromatic rings. The van der Waals surface area contributed by atoms with Gasteiger partial charge >= 0.3 is 0 Å². The molecular weight excluding hydrogens is 689 g/mol. The minimum atomic E-state index is -1.29. The van der Waals surface area contributed by atoms with Crippen LogP contribution in [0.3, 0.4) is 0 Å². The van der Waals surface area contributed by atoms with Crippen molar-refractivity contribution in [2.75, 3.05) is 4.90 Å². The zero-order chi connectivity index (χ0) is 42.1. The van der Waals surface area contributed by atoms with Gasteiger partial charge < -0.3 is 9.47 Å². The molecule has 11 rings (SSSR count). The van der Waals surface area contributed by atoms with E-state index >= 15 is 0 Å². The molecule has 0 aliphatic heterocycles. The quantitative estimate of drug-likeness (QED) is 0.158. The summed E-state index contributed by atoms with van der Waals surface area (Å²) in [6.07, 6.45) is 0. The Kier molecular flexibility index (Phi) is 6.60. The summed E-state index contributed by atoms with van der Waals surface area (Å²) in [7, 11) is 0. The molecule has 0 N–H and O–H groups in total. The Labute approximate surface area is 340 Å². The van der Waals surface area contributed by atoms with Crippen LogP contribution in [-0.4, -0.2) is 4.57 Å². The minimum absolute atomic E-state index is 0.223. The van der Waals surface area contributed by atoms with E-state index in [1.165, 1.54) is 0 Å². The highest BCUT2D eigenvalue weighted by Crippen LogP contribution is 2.57. The van der Waals surface area contributed by atoms with Crippen molar-refractivity contribution < 1.29 is 6.85 Å². The van der Waals surface area contributed by atoms with Gasteiger partial charge in [-0.25, -0.2) is 0 Å². The topological polar surface area (TPSA) is 8.17 Å². The number of fused-ring (bicyclic) bond motifs is 6. The second kappa shape index (κ2) is 13.4. The average Bonchev–Trinajstić information content (AvgIpc) is 3.81. The monoisotopic (exact) mass is 731 g/mol. The lowest BCUT2D eigenvalue weighted by atomic mass is 9.67. The largest absolute Gasteiger partial charge is 0.310 e. The Morgan fingerprint density at radius 2 is 1.00 bits per heavy atom. The summed E-state index contributed by atoms with van der Waals surface area (Å²) in [4.78, 5) is 2.24. The number of para-hydroxylation sites is 3. The van der Waals surface area contributed by atoms with E-state index in [-0.39, 0.29) is 29.7 Å². The molecule has 1 aliphatic carbocycles. The van der Waals surface area contributed by atoms with Gasteiger partial charge in [0.2, 0.25) is 0 Å². The summed E-state index contributed by atoms with van der Waals surface area (Å²) in [6, 6.07) is 67.2. The third-order valence-corrected chi connectivity index (χ3v) is 11.5. The second-order valence-electron chi connectivity index (χ2n) is 14.5. The van der Waals surface area contributed by atoms with Gasteiger partial charge in [0.1, 0.15) is 0 Å². The first-order chi connectivity index (χ1) is 30.4. The van der Waals surface area contributed by atoms with Gasteiger partial charge in [0.25, 0.3) is 0 Å². The number of benzene rings is 9. The van der Waals surface area contributed by atoms with Gasteiger partial charge in [-0.15, -0.1) is 0 Å². The molecule has 0 saturated carbocycles. The molecular formula is C55H38N2. The van der Waals surface area contributed by atoms with Crippen LogP contribution in [0, 0.1) is 0 Å². The molecule has 1 unspecified atom stereocenters. The number of aromatic nitrogens is 1. The Hall–Kier alpha value is -7.42. The summed E-state index contributed by atoms with van der Waals surface area (Å²) in [6.45, 7) is 0. The standard InChI is InChI=1S/C55H38N2/c1-5-17-39(18-6-1)40-29-32-45(33-30-40)56(43-21-9-3-10-22-43)46-34-36-52-50(38-46)47-25-13-15-27-51(47)55(52,41-19-7-2-8-20-41)42-31-35-49-48-26-14-16-28-53(48)57(54(49)37-42)44-23-11-4-12-24-44/h1-38H/i2D,7D,8D,19D,20D. The SMILES string of the molecule is [2H]c1c([2H])c([2H])c(C2(c3ccc4c5ccccc5n(-c5ccccc5)c4c3)c3ccccc3-c3cc(N(c4ccccc4)c4ccc(-c5ccccc5)cc4)ccc32)c([2H])c1[2H]. The fraction of sp³-hybridized carbons (Fsp3) is 0.0182. The molecule has 0 saturated heterocycles. The van der Waals surface area contributed by atoms with E-state index in [0.29, 0.717) is 0 Å². The number of anilines is 3. The maximum Gasteiger partial charge on any atom is 0.0714 e. The molecule has 57 heavy (non-hydrogen) atoms. The van der Waals surface area contributed by atoms with Crippen LogP contribution in [0.15, 0.2) is 230 Å². The van der Waals surface area contributed by atoms with Crippen LogP contribution in [0.1, 0.15) is 29.1 Å². The first kappa shape index (κ1) is 28.1. The third kappa shape index (κ3) is 5.18. The molecule has 9 aromatic carbocycles. The van der Waals surface area contributed by atoms with Crippen molar-refractivity contribution in [3.63, 3.8) is 0 Å². The maximum atomic E-state index is 9.61. The fourth-order valence-corrected chi connectivity index (χ4v) is 9.09. The van der Waals surface area contributed by atoms with Crippen LogP contribution >= 0.6 is 0 Å². The molecule has 268 valence electrons. The van der Waals surface area contributed by atoms with Crippen molar-refractivity contribution in [1.29, 1.82) is 0 Å². The highest BCUT2D eigenvalue weighted by atomic mass is 15.1. The summed E-state index contributed by atoms with van der Waals surface area (Å²) < 4.78 is 48.1. The Morgan fingerprint density at radius 1 is 0.404 bits per heavy atom. The maximum absolute atomic E-state index is 9.61. The fourth-order valence-electron chi connectivity index (χ4n) is 9.09. The molecule has 2 heteroatoms. The first-order valence-corrected chi connectivity index (χ1v) is 19.3. The summed E-state index contributed by atoms with van der Waals surface area (Å²) in [5.41, 5.74) is 11.5. The lowest BCUT2D eigenvalue weighted by molar-refractivity contribution is 0.769. The van der Waals surface area contributed by atoms with Gasteiger partial charge in [-0.1, -0.05) is 170 Å². The predicted molar refractivity (Wildman–Crippen MR) is 238 cm³/mol. The van der Waals surface area contributed by atoms with E-state index in [2.05, 4.69) is 137 Å². The third-order valence-electron chi connectivity index (χ3n) is 11.5. The van der Waals surface area contributed by atoms with Gasteiger partial charge in [0.05, 0.1) is 23.3 Å². The molecule has 0 bridgehead atoms. The minimum Gasteiger partial charge on any atom is -0.310 e. The zero-order valence-electron chi connectivity index (χ0n) is 35.9. The lowest BCUT2D eigenvalue weighted by Gasteiger charge is -2.34. The van der Waals surface area contributed by atoms with Gasteiger partial charge in [0, 0.05) is 33.5 Å². The highest BCUT2D eigenvalue weighted by molar-refractivity contribution is 6.09.